The Labute approximate surface area is 229 Å². The number of nitrogens with zero attached hydrogens (tertiary/aromatic N) is 2. The van der Waals surface area contributed by atoms with Crippen molar-refractivity contribution < 1.29 is 26.7 Å². The Kier molecular flexibility index (Phi) is 6.60. The molecule has 0 spiro atoms. The quantitative estimate of drug-likeness (QED) is 0.268. The normalized spacial score (nSPS) is 25.8. The molecule has 3 aliphatic carbocycles. The van der Waals surface area contributed by atoms with E-state index in [0.29, 0.717) is 24.8 Å². The SMILES string of the molecule is COc1ccc(CN[C@H]2[C@H](C(F)(F)F)CC=C3[C@@H]2CCC2=Cc4c(cnn4-c4ccc(F)cc4)C[C@@]23C)cc1F. The highest BCUT2D eigenvalue weighted by Crippen LogP contribution is 2.57. The maximum Gasteiger partial charge on any atom is 0.393 e. The fraction of sp³-hybridized carbons (Fsp3) is 0.387. The van der Waals surface area contributed by atoms with E-state index in [1.807, 2.05) is 6.08 Å². The Bertz CT molecular complexity index is 1490. The van der Waals surface area contributed by atoms with Gasteiger partial charge in [-0.25, -0.2) is 13.5 Å². The summed E-state index contributed by atoms with van der Waals surface area (Å²) in [7, 11) is 1.37. The highest BCUT2D eigenvalue weighted by molar-refractivity contribution is 5.63. The molecule has 4 nitrogen and oxygen atoms in total. The van der Waals surface area contributed by atoms with Crippen LogP contribution in [0, 0.1) is 28.9 Å². The number of alkyl halides is 3. The van der Waals surface area contributed by atoms with Gasteiger partial charge in [0, 0.05) is 18.0 Å². The van der Waals surface area contributed by atoms with Crippen LogP contribution in [0.2, 0.25) is 0 Å². The minimum Gasteiger partial charge on any atom is -0.494 e. The van der Waals surface area contributed by atoms with Gasteiger partial charge in [0.05, 0.1) is 30.6 Å². The largest absolute Gasteiger partial charge is 0.494 e. The molecule has 1 N–H and O–H groups in total. The Morgan fingerprint density at radius 3 is 2.60 bits per heavy atom. The van der Waals surface area contributed by atoms with Crippen LogP contribution in [0.1, 0.15) is 43.0 Å². The van der Waals surface area contributed by atoms with Crippen molar-refractivity contribution in [2.45, 2.75) is 51.4 Å². The van der Waals surface area contributed by atoms with E-state index in [0.717, 1.165) is 22.5 Å². The fourth-order valence-electron chi connectivity index (χ4n) is 6.91. The number of ether oxygens (including phenoxy) is 1. The molecule has 40 heavy (non-hydrogen) atoms. The first-order valence-electron chi connectivity index (χ1n) is 13.5. The Balaban J connectivity index is 1.31. The van der Waals surface area contributed by atoms with E-state index >= 15 is 0 Å². The summed E-state index contributed by atoms with van der Waals surface area (Å²) in [5.74, 6) is -2.61. The molecule has 0 saturated heterocycles. The summed E-state index contributed by atoms with van der Waals surface area (Å²) >= 11 is 0. The lowest BCUT2D eigenvalue weighted by molar-refractivity contribution is -0.187. The lowest BCUT2D eigenvalue weighted by Gasteiger charge is -2.51. The molecule has 0 bridgehead atoms. The molecular formula is C31H30F5N3O. The van der Waals surface area contributed by atoms with Crippen molar-refractivity contribution >= 4 is 6.08 Å². The maximum atomic E-state index is 14.3. The topological polar surface area (TPSA) is 39.1 Å². The molecule has 3 aromatic rings. The predicted octanol–water partition coefficient (Wildman–Crippen LogP) is 7.18. The molecule has 1 aromatic heterocycles. The first kappa shape index (κ1) is 26.7. The second-order valence-corrected chi connectivity index (χ2v) is 11.2. The van der Waals surface area contributed by atoms with Crippen LogP contribution in [0.25, 0.3) is 11.8 Å². The highest BCUT2D eigenvalue weighted by Gasteiger charge is 2.54. The molecule has 210 valence electrons. The van der Waals surface area contributed by atoms with Crippen molar-refractivity contribution in [3.63, 3.8) is 0 Å². The first-order chi connectivity index (χ1) is 19.1. The van der Waals surface area contributed by atoms with E-state index < -0.39 is 29.4 Å². The molecule has 6 rings (SSSR count). The van der Waals surface area contributed by atoms with E-state index in [2.05, 4.69) is 23.4 Å². The summed E-state index contributed by atoms with van der Waals surface area (Å²) in [6.45, 7) is 2.24. The van der Waals surface area contributed by atoms with E-state index in [4.69, 9.17) is 4.74 Å². The van der Waals surface area contributed by atoms with Crippen LogP contribution in [0.3, 0.4) is 0 Å². The predicted molar refractivity (Wildman–Crippen MR) is 142 cm³/mol. The van der Waals surface area contributed by atoms with E-state index in [1.54, 1.807) is 29.1 Å². The molecule has 9 heteroatoms. The van der Waals surface area contributed by atoms with Gasteiger partial charge in [-0.2, -0.15) is 18.3 Å². The van der Waals surface area contributed by atoms with Gasteiger partial charge in [-0.05, 0) is 85.2 Å². The van der Waals surface area contributed by atoms with E-state index in [-0.39, 0.29) is 30.5 Å². The summed E-state index contributed by atoms with van der Waals surface area (Å²) in [5.41, 5.74) is 5.04. The lowest BCUT2D eigenvalue weighted by atomic mass is 9.55. The molecule has 0 radical (unpaired) electrons. The third kappa shape index (κ3) is 4.54. The lowest BCUT2D eigenvalue weighted by Crippen LogP contribution is -2.53. The van der Waals surface area contributed by atoms with Crippen LogP contribution in [0.5, 0.6) is 5.75 Å². The van der Waals surface area contributed by atoms with Crippen LogP contribution in [0.4, 0.5) is 22.0 Å². The number of benzene rings is 2. The van der Waals surface area contributed by atoms with Gasteiger partial charge in [-0.3, -0.25) is 0 Å². The summed E-state index contributed by atoms with van der Waals surface area (Å²) < 4.78 is 77.3. The van der Waals surface area contributed by atoms with Gasteiger partial charge in [0.15, 0.2) is 11.6 Å². The van der Waals surface area contributed by atoms with Gasteiger partial charge < -0.3 is 10.1 Å². The second-order valence-electron chi connectivity index (χ2n) is 11.2. The minimum absolute atomic E-state index is 0.0961. The molecule has 0 amide bonds. The zero-order valence-electron chi connectivity index (χ0n) is 22.2. The molecule has 4 atom stereocenters. The van der Waals surface area contributed by atoms with Crippen LogP contribution in [0.15, 0.2) is 65.9 Å². The number of halogens is 5. The number of methoxy groups -OCH3 is 1. The average molecular weight is 556 g/mol. The third-order valence-electron chi connectivity index (χ3n) is 8.92. The zero-order valence-corrected chi connectivity index (χ0v) is 22.2. The van der Waals surface area contributed by atoms with Gasteiger partial charge >= 0.3 is 6.18 Å². The van der Waals surface area contributed by atoms with Crippen LogP contribution in [-0.2, 0) is 13.0 Å². The molecular weight excluding hydrogens is 525 g/mol. The fourth-order valence-corrected chi connectivity index (χ4v) is 6.91. The van der Waals surface area contributed by atoms with E-state index in [9.17, 15) is 22.0 Å². The van der Waals surface area contributed by atoms with Gasteiger partial charge in [-0.15, -0.1) is 0 Å². The first-order valence-corrected chi connectivity index (χ1v) is 13.5. The van der Waals surface area contributed by atoms with Crippen molar-refractivity contribution in [2.24, 2.45) is 17.3 Å². The Hall–Kier alpha value is -3.46. The van der Waals surface area contributed by atoms with Crippen molar-refractivity contribution in [2.75, 3.05) is 7.11 Å². The number of hydrogen-bond donors (Lipinski definition) is 1. The van der Waals surface area contributed by atoms with Crippen LogP contribution < -0.4 is 10.1 Å². The van der Waals surface area contributed by atoms with Crippen molar-refractivity contribution in [3.8, 4) is 11.4 Å². The van der Waals surface area contributed by atoms with Crippen molar-refractivity contribution in [1.82, 2.24) is 15.1 Å². The maximum absolute atomic E-state index is 14.3. The third-order valence-corrected chi connectivity index (χ3v) is 8.92. The minimum atomic E-state index is -4.36. The molecule has 0 aliphatic heterocycles. The summed E-state index contributed by atoms with van der Waals surface area (Å²) in [6, 6.07) is 9.78. The van der Waals surface area contributed by atoms with Gasteiger partial charge in [-0.1, -0.05) is 30.2 Å². The molecule has 1 saturated carbocycles. The molecule has 3 aliphatic rings. The van der Waals surface area contributed by atoms with Gasteiger partial charge in [0.25, 0.3) is 0 Å². The number of allylic oxidation sites excluding steroid dienone is 2. The summed E-state index contributed by atoms with van der Waals surface area (Å²) in [4.78, 5) is 0. The average Bonchev–Trinajstić information content (AvgIpc) is 3.32. The zero-order chi connectivity index (χ0) is 28.2. The smallest absolute Gasteiger partial charge is 0.393 e. The number of aromatic nitrogens is 2. The summed E-state index contributed by atoms with van der Waals surface area (Å²) in [5, 5.41) is 7.75. The van der Waals surface area contributed by atoms with Crippen molar-refractivity contribution in [1.29, 1.82) is 0 Å². The second kappa shape index (κ2) is 9.87. The Morgan fingerprint density at radius 1 is 1.12 bits per heavy atom. The monoisotopic (exact) mass is 555 g/mol. The number of hydrogen-bond acceptors (Lipinski definition) is 3. The number of nitrogens with one attached hydrogen (secondary N) is 1. The highest BCUT2D eigenvalue weighted by atomic mass is 19.4. The summed E-state index contributed by atoms with van der Waals surface area (Å²) in [6.07, 6.45) is 3.13. The van der Waals surface area contributed by atoms with Gasteiger partial charge in [0.1, 0.15) is 5.82 Å². The van der Waals surface area contributed by atoms with Crippen molar-refractivity contribution in [3.05, 3.63) is 94.3 Å². The van der Waals surface area contributed by atoms with Crippen LogP contribution >= 0.6 is 0 Å². The standard InChI is InChI=1S/C31H30F5N3O/c1-30-15-19-17-38-39(22-7-5-21(32)6-8-22)27(19)14-20(30)4-9-23-24(30)10-11-25(31(34,35)36)29(23)37-16-18-3-12-28(40-2)26(33)13-18/h3,5-8,10,12-14,17,23,25,29,37H,4,9,11,15-16H2,1-2H3/t23-,25+,29+,30-/m0/s1. The molecule has 0 unspecified atom stereocenters. The van der Waals surface area contributed by atoms with Crippen LogP contribution in [-0.4, -0.2) is 29.1 Å². The number of fused-ring (bicyclic) bond motifs is 4. The molecule has 1 heterocycles. The molecule has 2 aromatic carbocycles. The van der Waals surface area contributed by atoms with E-state index in [1.165, 1.54) is 36.9 Å². The Morgan fingerprint density at radius 2 is 1.90 bits per heavy atom. The van der Waals surface area contributed by atoms with Gasteiger partial charge in [0.2, 0.25) is 0 Å². The number of rotatable bonds is 5. The molecule has 1 fully saturated rings.